The Balaban J connectivity index is 2.60. The lowest BCUT2D eigenvalue weighted by atomic mass is 9.81. The number of ether oxygens (including phenoxy) is 1. The molecule has 0 heterocycles. The first kappa shape index (κ1) is 11.7. The molecule has 0 N–H and O–H groups in total. The molecular weight excluding hydrogens is 176 g/mol. The van der Waals surface area contributed by atoms with Crippen LogP contribution in [0.25, 0.3) is 0 Å². The quantitative estimate of drug-likeness (QED) is 0.513. The molecule has 1 unspecified atom stereocenters. The molecule has 0 amide bonds. The molecule has 0 bridgehead atoms. The smallest absolute Gasteiger partial charge is 0.122 e. The Hall–Kier alpha value is -0.370. The fourth-order valence-corrected chi connectivity index (χ4v) is 2.47. The van der Waals surface area contributed by atoms with Crippen LogP contribution >= 0.6 is 0 Å². The van der Waals surface area contributed by atoms with Gasteiger partial charge in [-0.2, -0.15) is 0 Å². The van der Waals surface area contributed by atoms with E-state index in [0.717, 1.165) is 6.29 Å². The molecule has 0 aliphatic heterocycles. The van der Waals surface area contributed by atoms with Gasteiger partial charge >= 0.3 is 0 Å². The molecule has 14 heavy (non-hydrogen) atoms. The summed E-state index contributed by atoms with van der Waals surface area (Å²) in [5.74, 6) is 0.570. The third-order valence-electron chi connectivity index (χ3n) is 3.67. The van der Waals surface area contributed by atoms with Crippen molar-refractivity contribution in [2.24, 2.45) is 5.92 Å². The lowest BCUT2D eigenvalue weighted by molar-refractivity contribution is -0.117. The molecule has 2 heteroatoms. The number of rotatable bonds is 4. The molecule has 0 radical (unpaired) electrons. The predicted octanol–water partition coefficient (Wildman–Crippen LogP) is 2.95. The molecule has 1 fully saturated rings. The van der Waals surface area contributed by atoms with Crippen molar-refractivity contribution in [3.63, 3.8) is 0 Å². The van der Waals surface area contributed by atoms with E-state index in [9.17, 15) is 4.79 Å². The van der Waals surface area contributed by atoms with Crippen LogP contribution in [0.3, 0.4) is 0 Å². The summed E-state index contributed by atoms with van der Waals surface area (Å²) < 4.78 is 5.54. The van der Waals surface area contributed by atoms with E-state index in [-0.39, 0.29) is 5.60 Å². The van der Waals surface area contributed by atoms with Crippen molar-refractivity contribution in [3.05, 3.63) is 0 Å². The molecule has 0 aromatic rings. The highest BCUT2D eigenvalue weighted by molar-refractivity contribution is 5.51. The number of methoxy groups -OCH3 is 1. The van der Waals surface area contributed by atoms with Crippen molar-refractivity contribution in [1.29, 1.82) is 0 Å². The Labute approximate surface area is 87.0 Å². The van der Waals surface area contributed by atoms with Gasteiger partial charge in [0.05, 0.1) is 5.60 Å². The fourth-order valence-electron chi connectivity index (χ4n) is 2.47. The normalized spacial score (nSPS) is 23.9. The van der Waals surface area contributed by atoms with Gasteiger partial charge in [-0.15, -0.1) is 0 Å². The van der Waals surface area contributed by atoms with Crippen LogP contribution in [0.5, 0.6) is 0 Å². The molecule has 1 aliphatic rings. The predicted molar refractivity (Wildman–Crippen MR) is 57.3 cm³/mol. The van der Waals surface area contributed by atoms with Gasteiger partial charge in [-0.05, 0) is 25.7 Å². The molecule has 0 aromatic carbocycles. The maximum absolute atomic E-state index is 10.6. The second-order valence-electron chi connectivity index (χ2n) is 4.58. The van der Waals surface area contributed by atoms with E-state index in [0.29, 0.717) is 12.3 Å². The molecule has 1 atom stereocenters. The van der Waals surface area contributed by atoms with Crippen molar-refractivity contribution in [3.8, 4) is 0 Å². The Morgan fingerprint density at radius 1 is 1.29 bits per heavy atom. The first-order valence-corrected chi connectivity index (χ1v) is 5.72. The minimum atomic E-state index is -0.216. The van der Waals surface area contributed by atoms with Gasteiger partial charge in [0.1, 0.15) is 6.29 Å². The number of hydrogen-bond donors (Lipinski definition) is 0. The first-order valence-electron chi connectivity index (χ1n) is 5.72. The average Bonchev–Trinajstić information content (AvgIpc) is 2.46. The third-order valence-corrected chi connectivity index (χ3v) is 3.67. The van der Waals surface area contributed by atoms with Crippen molar-refractivity contribution in [1.82, 2.24) is 0 Å². The topological polar surface area (TPSA) is 26.3 Å². The summed E-state index contributed by atoms with van der Waals surface area (Å²) in [7, 11) is 1.73. The molecule has 2 nitrogen and oxygen atoms in total. The lowest BCUT2D eigenvalue weighted by Crippen LogP contribution is -2.37. The van der Waals surface area contributed by atoms with Gasteiger partial charge in [0.15, 0.2) is 0 Å². The summed E-state index contributed by atoms with van der Waals surface area (Å²) in [6, 6.07) is 0. The van der Waals surface area contributed by atoms with Crippen LogP contribution in [0.2, 0.25) is 0 Å². The van der Waals surface area contributed by atoms with Crippen molar-refractivity contribution >= 4 is 6.29 Å². The van der Waals surface area contributed by atoms with Gasteiger partial charge in [-0.25, -0.2) is 0 Å². The summed E-state index contributed by atoms with van der Waals surface area (Å²) >= 11 is 0. The molecular formula is C12H22O2. The van der Waals surface area contributed by atoms with Crippen molar-refractivity contribution < 1.29 is 9.53 Å². The maximum Gasteiger partial charge on any atom is 0.122 e. The Kier molecular flexibility index (Phi) is 4.59. The zero-order valence-electron chi connectivity index (χ0n) is 9.42. The SMILES string of the molecule is COC(C)(CC=O)C1CCCCCC1. The Morgan fingerprint density at radius 2 is 1.86 bits per heavy atom. The van der Waals surface area contributed by atoms with E-state index < -0.39 is 0 Å². The summed E-state index contributed by atoms with van der Waals surface area (Å²) in [6.07, 6.45) is 9.25. The van der Waals surface area contributed by atoms with Gasteiger partial charge in [0.2, 0.25) is 0 Å². The third kappa shape index (κ3) is 2.81. The van der Waals surface area contributed by atoms with Gasteiger partial charge in [0.25, 0.3) is 0 Å². The Bertz CT molecular complexity index is 171. The van der Waals surface area contributed by atoms with Crippen LogP contribution in [-0.4, -0.2) is 19.0 Å². The number of hydrogen-bond acceptors (Lipinski definition) is 2. The molecule has 82 valence electrons. The van der Waals surface area contributed by atoms with Crippen LogP contribution in [0.1, 0.15) is 51.9 Å². The second kappa shape index (κ2) is 5.50. The van der Waals surface area contributed by atoms with E-state index in [4.69, 9.17) is 4.74 Å². The van der Waals surface area contributed by atoms with Crippen molar-refractivity contribution in [2.45, 2.75) is 57.5 Å². The number of aldehydes is 1. The van der Waals surface area contributed by atoms with Crippen LogP contribution < -0.4 is 0 Å². The molecule has 0 aromatic heterocycles. The summed E-state index contributed by atoms with van der Waals surface area (Å²) in [4.78, 5) is 10.6. The number of carbonyl (C=O) groups is 1. The summed E-state index contributed by atoms with van der Waals surface area (Å²) in [5, 5.41) is 0. The zero-order valence-corrected chi connectivity index (χ0v) is 9.42. The second-order valence-corrected chi connectivity index (χ2v) is 4.58. The molecule has 1 saturated carbocycles. The van der Waals surface area contributed by atoms with Gasteiger partial charge in [0, 0.05) is 13.5 Å². The van der Waals surface area contributed by atoms with E-state index in [1.807, 2.05) is 0 Å². The monoisotopic (exact) mass is 198 g/mol. The maximum atomic E-state index is 10.6. The zero-order chi connectivity index (χ0) is 10.4. The van der Waals surface area contributed by atoms with Gasteiger partial charge < -0.3 is 9.53 Å². The van der Waals surface area contributed by atoms with Crippen LogP contribution in [-0.2, 0) is 9.53 Å². The van der Waals surface area contributed by atoms with E-state index in [2.05, 4.69) is 6.92 Å². The number of carbonyl (C=O) groups excluding carboxylic acids is 1. The molecule has 1 rings (SSSR count). The standard InChI is InChI=1S/C12H22O2/c1-12(14-2,9-10-13)11-7-5-3-4-6-8-11/h10-11H,3-9H2,1-2H3. The fraction of sp³-hybridized carbons (Fsp3) is 0.917. The lowest BCUT2D eigenvalue weighted by Gasteiger charge is -2.34. The highest BCUT2D eigenvalue weighted by atomic mass is 16.5. The summed E-state index contributed by atoms with van der Waals surface area (Å²) in [6.45, 7) is 2.08. The van der Waals surface area contributed by atoms with E-state index in [1.165, 1.54) is 38.5 Å². The van der Waals surface area contributed by atoms with E-state index in [1.54, 1.807) is 7.11 Å². The Morgan fingerprint density at radius 3 is 2.29 bits per heavy atom. The minimum absolute atomic E-state index is 0.216. The highest BCUT2D eigenvalue weighted by Gasteiger charge is 2.33. The van der Waals surface area contributed by atoms with Crippen LogP contribution in [0.4, 0.5) is 0 Å². The van der Waals surface area contributed by atoms with Crippen LogP contribution in [0, 0.1) is 5.92 Å². The molecule has 1 aliphatic carbocycles. The van der Waals surface area contributed by atoms with E-state index >= 15 is 0 Å². The highest BCUT2D eigenvalue weighted by Crippen LogP contribution is 2.35. The van der Waals surface area contributed by atoms with Crippen LogP contribution in [0.15, 0.2) is 0 Å². The largest absolute Gasteiger partial charge is 0.378 e. The summed E-state index contributed by atoms with van der Waals surface area (Å²) in [5.41, 5.74) is -0.216. The first-order chi connectivity index (χ1) is 6.73. The van der Waals surface area contributed by atoms with Crippen molar-refractivity contribution in [2.75, 3.05) is 7.11 Å². The van der Waals surface area contributed by atoms with Gasteiger partial charge in [-0.3, -0.25) is 0 Å². The minimum Gasteiger partial charge on any atom is -0.378 e. The molecule has 0 spiro atoms. The van der Waals surface area contributed by atoms with Gasteiger partial charge in [-0.1, -0.05) is 25.7 Å². The molecule has 0 saturated heterocycles. The average molecular weight is 198 g/mol.